The number of nitrogens with zero attached hydrogens (tertiary/aromatic N) is 3. The van der Waals surface area contributed by atoms with Crippen molar-refractivity contribution in [3.05, 3.63) is 41.7 Å². The first-order valence-electron chi connectivity index (χ1n) is 9.51. The normalized spacial score (nSPS) is 22.2. The Morgan fingerprint density at radius 3 is 2.71 bits per heavy atom. The second-order valence-corrected chi connectivity index (χ2v) is 7.37. The Balaban J connectivity index is 1.34. The zero-order valence-electron chi connectivity index (χ0n) is 15.5. The van der Waals surface area contributed by atoms with Crippen molar-refractivity contribution in [1.82, 2.24) is 15.3 Å². The van der Waals surface area contributed by atoms with Crippen molar-refractivity contribution in [2.75, 3.05) is 4.90 Å². The van der Waals surface area contributed by atoms with E-state index in [9.17, 15) is 9.59 Å². The third kappa shape index (κ3) is 2.56. The highest BCUT2D eigenvalue weighted by molar-refractivity contribution is 6.21. The molecule has 8 heteroatoms. The molecular weight excluding hydrogens is 360 g/mol. The third-order valence-electron chi connectivity index (χ3n) is 5.75. The summed E-state index contributed by atoms with van der Waals surface area (Å²) in [6.07, 6.45) is 6.63. The molecule has 3 heterocycles. The van der Waals surface area contributed by atoms with Gasteiger partial charge in [-0.05, 0) is 48.9 Å². The van der Waals surface area contributed by atoms with Gasteiger partial charge in [0.2, 0.25) is 0 Å². The van der Waals surface area contributed by atoms with Gasteiger partial charge in [-0.15, -0.1) is 0 Å². The van der Waals surface area contributed by atoms with Gasteiger partial charge in [0, 0.05) is 0 Å². The second kappa shape index (κ2) is 6.27. The van der Waals surface area contributed by atoms with Gasteiger partial charge in [-0.25, -0.2) is 19.7 Å². The fraction of sp³-hybridized carbons (Fsp3) is 0.400. The molecule has 1 aromatic heterocycles. The number of anilines is 1. The van der Waals surface area contributed by atoms with Crippen molar-refractivity contribution < 1.29 is 19.1 Å². The molecule has 1 atom stereocenters. The first kappa shape index (κ1) is 17.1. The fourth-order valence-corrected chi connectivity index (χ4v) is 4.01. The Kier molecular flexibility index (Phi) is 3.83. The number of ether oxygens (including phenoxy) is 2. The van der Waals surface area contributed by atoms with Gasteiger partial charge in [0.1, 0.15) is 11.8 Å². The average Bonchev–Trinajstić information content (AvgIpc) is 3.19. The van der Waals surface area contributed by atoms with Crippen molar-refractivity contribution >= 4 is 17.6 Å². The van der Waals surface area contributed by atoms with E-state index >= 15 is 0 Å². The highest BCUT2D eigenvalue weighted by Gasteiger charge is 2.45. The summed E-state index contributed by atoms with van der Waals surface area (Å²) in [6.45, 7) is 2.49. The molecule has 1 aromatic carbocycles. The first-order chi connectivity index (χ1) is 13.6. The summed E-state index contributed by atoms with van der Waals surface area (Å²) in [6, 6.07) is 5.09. The van der Waals surface area contributed by atoms with E-state index in [-0.39, 0.29) is 17.5 Å². The van der Waals surface area contributed by atoms with E-state index in [1.54, 1.807) is 0 Å². The van der Waals surface area contributed by atoms with Crippen LogP contribution in [0.15, 0.2) is 30.6 Å². The minimum Gasteiger partial charge on any atom is -0.424 e. The second-order valence-electron chi connectivity index (χ2n) is 7.37. The van der Waals surface area contributed by atoms with Gasteiger partial charge >= 0.3 is 12.0 Å². The monoisotopic (exact) mass is 380 g/mol. The molecule has 1 aliphatic carbocycles. The van der Waals surface area contributed by atoms with Crippen molar-refractivity contribution in [3.63, 3.8) is 0 Å². The largest absolute Gasteiger partial charge is 0.424 e. The lowest BCUT2D eigenvalue weighted by molar-refractivity contribution is -0.118. The number of benzene rings is 1. The number of nitrogens with one attached hydrogen (secondary N) is 1. The highest BCUT2D eigenvalue weighted by atomic mass is 16.5. The molecule has 3 aliphatic rings. The summed E-state index contributed by atoms with van der Waals surface area (Å²) in [4.78, 5) is 33.7. The van der Waals surface area contributed by atoms with Crippen LogP contribution in [0.1, 0.15) is 43.7 Å². The molecule has 5 rings (SSSR count). The van der Waals surface area contributed by atoms with E-state index in [0.717, 1.165) is 17.7 Å². The molecule has 1 N–H and O–H groups in total. The van der Waals surface area contributed by atoms with Gasteiger partial charge in [-0.2, -0.15) is 0 Å². The number of carbonyl (C=O) groups excluding carboxylic acids is 2. The lowest BCUT2D eigenvalue weighted by atomic mass is 9.75. The molecule has 28 heavy (non-hydrogen) atoms. The maximum Gasteiger partial charge on any atom is 0.329 e. The van der Waals surface area contributed by atoms with Crippen LogP contribution < -0.4 is 15.0 Å². The number of imide groups is 1. The first-order valence-corrected chi connectivity index (χ1v) is 9.51. The molecule has 1 spiro atoms. The lowest BCUT2D eigenvalue weighted by Crippen LogP contribution is -2.33. The van der Waals surface area contributed by atoms with Crippen molar-refractivity contribution in [2.24, 2.45) is 0 Å². The number of rotatable bonds is 4. The van der Waals surface area contributed by atoms with Crippen LogP contribution in [-0.2, 0) is 21.7 Å². The Bertz CT molecular complexity index is 955. The molecule has 1 saturated carbocycles. The molecule has 2 aliphatic heterocycles. The molecule has 144 valence electrons. The van der Waals surface area contributed by atoms with E-state index in [1.165, 1.54) is 29.9 Å². The van der Waals surface area contributed by atoms with E-state index in [1.807, 2.05) is 25.1 Å². The van der Waals surface area contributed by atoms with Crippen LogP contribution in [0.2, 0.25) is 0 Å². The summed E-state index contributed by atoms with van der Waals surface area (Å²) in [7, 11) is 0. The Morgan fingerprint density at radius 1 is 1.29 bits per heavy atom. The van der Waals surface area contributed by atoms with Crippen molar-refractivity contribution in [3.8, 4) is 11.8 Å². The summed E-state index contributed by atoms with van der Waals surface area (Å²) in [5.74, 6) is 0.346. The molecule has 8 nitrogen and oxygen atoms in total. The van der Waals surface area contributed by atoms with Crippen LogP contribution >= 0.6 is 0 Å². The van der Waals surface area contributed by atoms with Gasteiger partial charge < -0.3 is 14.8 Å². The van der Waals surface area contributed by atoms with Gasteiger partial charge in [0.25, 0.3) is 5.91 Å². The topological polar surface area (TPSA) is 93.7 Å². The van der Waals surface area contributed by atoms with Gasteiger partial charge in [-0.3, -0.25) is 4.79 Å². The van der Waals surface area contributed by atoms with Gasteiger partial charge in [0.15, 0.2) is 0 Å². The van der Waals surface area contributed by atoms with Crippen LogP contribution in [0.4, 0.5) is 10.5 Å². The van der Waals surface area contributed by atoms with E-state index in [2.05, 4.69) is 15.3 Å². The Labute approximate surface area is 161 Å². The van der Waals surface area contributed by atoms with E-state index in [4.69, 9.17) is 9.47 Å². The molecule has 2 aromatic rings. The van der Waals surface area contributed by atoms with Crippen LogP contribution in [0.5, 0.6) is 11.8 Å². The predicted molar refractivity (Wildman–Crippen MR) is 99.0 cm³/mol. The van der Waals surface area contributed by atoms with Crippen LogP contribution in [0.25, 0.3) is 0 Å². The molecule has 0 unspecified atom stereocenters. The van der Waals surface area contributed by atoms with E-state index < -0.39 is 12.1 Å². The lowest BCUT2D eigenvalue weighted by Gasteiger charge is -2.38. The number of hydrogen-bond donors (Lipinski definition) is 1. The summed E-state index contributed by atoms with van der Waals surface area (Å²) < 4.78 is 11.8. The number of urea groups is 1. The molecule has 0 radical (unpaired) electrons. The zero-order valence-corrected chi connectivity index (χ0v) is 15.5. The minimum atomic E-state index is -0.504. The standard InChI is InChI=1S/C20H20N4O4/c1-2-16-17(25)24(19(26)23-16)13-9-21-18(22-10-13)28-14-5-4-12-11-27-20(6-3-7-20)15(12)8-14/h4-5,8-10,16H,2-3,6-7,11H2,1H3,(H,23,26)/t16-/m1/s1. The van der Waals surface area contributed by atoms with Crippen molar-refractivity contribution in [1.29, 1.82) is 0 Å². The fourth-order valence-electron chi connectivity index (χ4n) is 4.01. The van der Waals surface area contributed by atoms with Crippen LogP contribution in [0.3, 0.4) is 0 Å². The molecular formula is C20H20N4O4. The predicted octanol–water partition coefficient (Wildman–Crippen LogP) is 3.01. The SMILES string of the molecule is CC[C@H]1NC(=O)N(c2cnc(Oc3ccc4c(c3)C3(CCC3)OC4)nc2)C1=O. The molecule has 0 bridgehead atoms. The van der Waals surface area contributed by atoms with Gasteiger partial charge in [-0.1, -0.05) is 13.0 Å². The van der Waals surface area contributed by atoms with Crippen LogP contribution in [0, 0.1) is 0 Å². The number of hydrogen-bond acceptors (Lipinski definition) is 6. The Morgan fingerprint density at radius 2 is 2.07 bits per heavy atom. The Hall–Kier alpha value is -3.00. The maximum atomic E-state index is 12.3. The third-order valence-corrected chi connectivity index (χ3v) is 5.75. The average molecular weight is 380 g/mol. The highest BCUT2D eigenvalue weighted by Crippen LogP contribution is 2.51. The maximum absolute atomic E-state index is 12.3. The van der Waals surface area contributed by atoms with Crippen molar-refractivity contribution in [2.45, 2.75) is 50.9 Å². The molecule has 1 saturated heterocycles. The van der Waals surface area contributed by atoms with E-state index in [0.29, 0.717) is 24.5 Å². The summed E-state index contributed by atoms with van der Waals surface area (Å²) >= 11 is 0. The number of aromatic nitrogens is 2. The number of amides is 3. The quantitative estimate of drug-likeness (QED) is 0.820. The molecule has 2 fully saturated rings. The van der Waals surface area contributed by atoms with Gasteiger partial charge in [0.05, 0.1) is 30.3 Å². The number of fused-ring (bicyclic) bond motifs is 2. The summed E-state index contributed by atoms with van der Waals surface area (Å²) in [5, 5.41) is 2.64. The molecule has 3 amide bonds. The number of carbonyl (C=O) groups is 2. The summed E-state index contributed by atoms with van der Waals surface area (Å²) in [5.41, 5.74) is 2.57. The smallest absolute Gasteiger partial charge is 0.329 e. The zero-order chi connectivity index (χ0) is 19.3. The van der Waals surface area contributed by atoms with Crippen LogP contribution in [-0.4, -0.2) is 27.9 Å². The minimum absolute atomic E-state index is 0.140.